The first-order valence-corrected chi connectivity index (χ1v) is 9.84. The molecule has 0 radical (unpaired) electrons. The summed E-state index contributed by atoms with van der Waals surface area (Å²) in [5.41, 5.74) is 4.80. The Bertz CT molecular complexity index is 1220. The van der Waals surface area contributed by atoms with Gasteiger partial charge >= 0.3 is 0 Å². The molecule has 0 aliphatic carbocycles. The lowest BCUT2D eigenvalue weighted by Crippen LogP contribution is -2.38. The van der Waals surface area contributed by atoms with E-state index in [-0.39, 0.29) is 12.5 Å². The van der Waals surface area contributed by atoms with Crippen molar-refractivity contribution in [1.29, 1.82) is 0 Å². The van der Waals surface area contributed by atoms with Gasteiger partial charge in [-0.15, -0.1) is 0 Å². The van der Waals surface area contributed by atoms with Gasteiger partial charge in [0.1, 0.15) is 18.0 Å². The molecule has 0 spiro atoms. The Morgan fingerprint density at radius 1 is 1.14 bits per heavy atom. The van der Waals surface area contributed by atoms with Crippen LogP contribution in [0.25, 0.3) is 22.0 Å². The van der Waals surface area contributed by atoms with Crippen LogP contribution in [0.3, 0.4) is 0 Å². The summed E-state index contributed by atoms with van der Waals surface area (Å²) in [5.74, 6) is 0.940. The maximum Gasteiger partial charge on any atom is 0.244 e. The molecule has 3 heterocycles. The van der Waals surface area contributed by atoms with Crippen LogP contribution in [-0.2, 0) is 24.3 Å². The fourth-order valence-electron chi connectivity index (χ4n) is 4.13. The minimum Gasteiger partial charge on any atom is -0.360 e. The Morgan fingerprint density at radius 2 is 1.97 bits per heavy atom. The molecule has 6 heteroatoms. The number of carbonyl (C=O) groups excluding carboxylic acids is 1. The second-order valence-corrected chi connectivity index (χ2v) is 7.61. The molecule has 0 N–H and O–H groups in total. The first-order valence-electron chi connectivity index (χ1n) is 9.84. The van der Waals surface area contributed by atoms with Gasteiger partial charge in [-0.05, 0) is 30.7 Å². The van der Waals surface area contributed by atoms with Crippen LogP contribution in [0.4, 0.5) is 0 Å². The topological polar surface area (TPSA) is 64.2 Å². The van der Waals surface area contributed by atoms with Gasteiger partial charge in [0.15, 0.2) is 0 Å². The highest BCUT2D eigenvalue weighted by Crippen LogP contribution is 2.34. The van der Waals surface area contributed by atoms with E-state index in [4.69, 9.17) is 4.52 Å². The molecule has 0 bridgehead atoms. The van der Waals surface area contributed by atoms with Crippen molar-refractivity contribution in [1.82, 2.24) is 19.8 Å². The molecule has 0 fully saturated rings. The first-order chi connectivity index (χ1) is 14.1. The lowest BCUT2D eigenvalue weighted by molar-refractivity contribution is -0.133. The summed E-state index contributed by atoms with van der Waals surface area (Å²) in [5, 5.41) is 11.1. The molecular weight excluding hydrogens is 364 g/mol. The summed E-state index contributed by atoms with van der Waals surface area (Å²) in [7, 11) is 0. The van der Waals surface area contributed by atoms with E-state index in [0.717, 1.165) is 44.7 Å². The minimum atomic E-state index is 0.0620. The Kier molecular flexibility index (Phi) is 4.19. The molecule has 1 aliphatic heterocycles. The molecule has 29 heavy (non-hydrogen) atoms. The van der Waals surface area contributed by atoms with E-state index in [0.29, 0.717) is 19.5 Å². The first kappa shape index (κ1) is 17.7. The fourth-order valence-corrected chi connectivity index (χ4v) is 4.13. The van der Waals surface area contributed by atoms with Crippen molar-refractivity contribution in [3.05, 3.63) is 71.2 Å². The highest BCUT2D eigenvalue weighted by molar-refractivity contribution is 5.96. The number of aryl methyl sites for hydroxylation is 2. The summed E-state index contributed by atoms with van der Waals surface area (Å²) >= 11 is 0. The molecule has 0 saturated carbocycles. The standard InChI is InChI=1S/C23H22N4O2/c1-15-12-16(2)27(24-15)14-22(28)26-11-10-21-20(13-26)23(25-29-21)19-9-5-7-17-6-3-4-8-18(17)19/h3-9,12H,10-11,13-14H2,1-2H3. The summed E-state index contributed by atoms with van der Waals surface area (Å²) in [6.07, 6.45) is 0.677. The van der Waals surface area contributed by atoms with Gasteiger partial charge in [0.05, 0.1) is 12.2 Å². The largest absolute Gasteiger partial charge is 0.360 e. The van der Waals surface area contributed by atoms with Gasteiger partial charge in [0.25, 0.3) is 0 Å². The van der Waals surface area contributed by atoms with E-state index in [1.54, 1.807) is 4.68 Å². The molecule has 1 amide bonds. The number of hydrogen-bond acceptors (Lipinski definition) is 4. The van der Waals surface area contributed by atoms with Crippen molar-refractivity contribution in [3.8, 4) is 11.3 Å². The third kappa shape index (κ3) is 3.10. The second kappa shape index (κ2) is 6.88. The van der Waals surface area contributed by atoms with Crippen LogP contribution in [0.2, 0.25) is 0 Å². The molecular formula is C23H22N4O2. The molecule has 5 rings (SSSR count). The predicted octanol–water partition coefficient (Wildman–Crippen LogP) is 3.89. The van der Waals surface area contributed by atoms with E-state index in [1.165, 1.54) is 0 Å². The maximum atomic E-state index is 12.9. The van der Waals surface area contributed by atoms with Gasteiger partial charge in [-0.2, -0.15) is 5.10 Å². The summed E-state index contributed by atoms with van der Waals surface area (Å²) < 4.78 is 7.42. The average molecular weight is 386 g/mol. The van der Waals surface area contributed by atoms with Crippen molar-refractivity contribution in [3.63, 3.8) is 0 Å². The summed E-state index contributed by atoms with van der Waals surface area (Å²) in [6, 6.07) is 16.4. The lowest BCUT2D eigenvalue weighted by atomic mass is 9.97. The third-order valence-corrected chi connectivity index (χ3v) is 5.61. The Morgan fingerprint density at radius 3 is 2.79 bits per heavy atom. The number of benzene rings is 2. The third-order valence-electron chi connectivity index (χ3n) is 5.61. The van der Waals surface area contributed by atoms with Crippen molar-refractivity contribution < 1.29 is 9.32 Å². The highest BCUT2D eigenvalue weighted by atomic mass is 16.5. The van der Waals surface area contributed by atoms with E-state index in [9.17, 15) is 4.79 Å². The Labute approximate surface area is 168 Å². The molecule has 2 aromatic heterocycles. The van der Waals surface area contributed by atoms with Crippen LogP contribution < -0.4 is 0 Å². The number of rotatable bonds is 3. The van der Waals surface area contributed by atoms with Crippen LogP contribution in [0, 0.1) is 13.8 Å². The minimum absolute atomic E-state index is 0.0620. The van der Waals surface area contributed by atoms with Crippen molar-refractivity contribution in [2.75, 3.05) is 6.54 Å². The highest BCUT2D eigenvalue weighted by Gasteiger charge is 2.28. The van der Waals surface area contributed by atoms with Crippen LogP contribution in [0.1, 0.15) is 22.7 Å². The Hall–Kier alpha value is -3.41. The maximum absolute atomic E-state index is 12.9. The van der Waals surface area contributed by atoms with Gasteiger partial charge in [-0.3, -0.25) is 9.48 Å². The van der Waals surface area contributed by atoms with E-state index in [1.807, 2.05) is 43.0 Å². The number of fused-ring (bicyclic) bond motifs is 2. The van der Waals surface area contributed by atoms with Crippen molar-refractivity contribution in [2.24, 2.45) is 0 Å². The van der Waals surface area contributed by atoms with Gasteiger partial charge in [-0.1, -0.05) is 47.6 Å². The number of aromatic nitrogens is 3. The van der Waals surface area contributed by atoms with Crippen molar-refractivity contribution in [2.45, 2.75) is 33.4 Å². The number of nitrogens with zero attached hydrogens (tertiary/aromatic N) is 4. The molecule has 1 aliphatic rings. The van der Waals surface area contributed by atoms with Crippen LogP contribution >= 0.6 is 0 Å². The zero-order valence-electron chi connectivity index (χ0n) is 16.6. The number of carbonyl (C=O) groups is 1. The zero-order chi connectivity index (χ0) is 20.0. The molecule has 0 unspecified atom stereocenters. The normalized spacial score (nSPS) is 13.7. The molecule has 0 saturated heterocycles. The van der Waals surface area contributed by atoms with Gasteiger partial charge in [0.2, 0.25) is 5.91 Å². The van der Waals surface area contributed by atoms with E-state index >= 15 is 0 Å². The van der Waals surface area contributed by atoms with Crippen LogP contribution in [-0.4, -0.2) is 32.3 Å². The summed E-state index contributed by atoms with van der Waals surface area (Å²) in [6.45, 7) is 5.31. The van der Waals surface area contributed by atoms with Gasteiger partial charge < -0.3 is 9.42 Å². The second-order valence-electron chi connectivity index (χ2n) is 7.61. The van der Waals surface area contributed by atoms with Crippen LogP contribution in [0.15, 0.2) is 53.1 Å². The monoisotopic (exact) mass is 386 g/mol. The molecule has 4 aromatic rings. The molecule has 146 valence electrons. The quantitative estimate of drug-likeness (QED) is 0.536. The smallest absolute Gasteiger partial charge is 0.244 e. The molecule has 0 atom stereocenters. The van der Waals surface area contributed by atoms with Crippen molar-refractivity contribution >= 4 is 16.7 Å². The van der Waals surface area contributed by atoms with Gasteiger partial charge in [-0.25, -0.2) is 0 Å². The zero-order valence-corrected chi connectivity index (χ0v) is 16.6. The average Bonchev–Trinajstić information content (AvgIpc) is 3.29. The molecule has 6 nitrogen and oxygen atoms in total. The lowest BCUT2D eigenvalue weighted by Gasteiger charge is -2.26. The van der Waals surface area contributed by atoms with Crippen LogP contribution in [0.5, 0.6) is 0 Å². The van der Waals surface area contributed by atoms with Gasteiger partial charge in [0, 0.05) is 29.8 Å². The fraction of sp³-hybridized carbons (Fsp3) is 0.261. The van der Waals surface area contributed by atoms with E-state index < -0.39 is 0 Å². The number of hydrogen-bond donors (Lipinski definition) is 0. The summed E-state index contributed by atoms with van der Waals surface area (Å²) in [4.78, 5) is 14.8. The molecule has 2 aromatic carbocycles. The predicted molar refractivity (Wildman–Crippen MR) is 110 cm³/mol. The number of amides is 1. The SMILES string of the molecule is Cc1cc(C)n(CC(=O)N2CCc3onc(-c4cccc5ccccc45)c3C2)n1. The van der Waals surface area contributed by atoms with E-state index in [2.05, 4.69) is 34.5 Å². The Balaban J connectivity index is 1.46.